The predicted molar refractivity (Wildman–Crippen MR) is 130 cm³/mol. The van der Waals surface area contributed by atoms with Crippen molar-refractivity contribution in [3.8, 4) is 28.4 Å². The summed E-state index contributed by atoms with van der Waals surface area (Å²) in [6, 6.07) is 20.8. The summed E-state index contributed by atoms with van der Waals surface area (Å²) in [4.78, 5) is 13.5. The largest absolute Gasteiger partial charge is 0.491 e. The topological polar surface area (TPSA) is 57.9 Å². The van der Waals surface area contributed by atoms with E-state index in [0.29, 0.717) is 34.6 Å². The standard InChI is InChI=1S/C28H28O5/c1-18(2)32-22-12-10-21(11-13-22)24-17-31-25-14-23(30-16-20-8-6-5-7-9-20)15-26(33-19(3)4)27(25)28(24)29/h5-15,17-19H,16H2,1-4H3. The molecule has 0 unspecified atom stereocenters. The lowest BCUT2D eigenvalue weighted by atomic mass is 10.0. The Morgan fingerprint density at radius 1 is 0.818 bits per heavy atom. The zero-order valence-corrected chi connectivity index (χ0v) is 19.3. The second-order valence-electron chi connectivity index (χ2n) is 8.40. The van der Waals surface area contributed by atoms with Crippen LogP contribution in [0.5, 0.6) is 17.2 Å². The van der Waals surface area contributed by atoms with Crippen molar-refractivity contribution in [2.24, 2.45) is 0 Å². The maximum Gasteiger partial charge on any atom is 0.204 e. The summed E-state index contributed by atoms with van der Waals surface area (Å²) in [5, 5.41) is 0.399. The Morgan fingerprint density at radius 2 is 1.52 bits per heavy atom. The molecule has 0 fully saturated rings. The van der Waals surface area contributed by atoms with Crippen molar-refractivity contribution in [3.05, 3.63) is 88.8 Å². The van der Waals surface area contributed by atoms with Crippen LogP contribution in [0.3, 0.4) is 0 Å². The molecule has 4 rings (SSSR count). The van der Waals surface area contributed by atoms with Gasteiger partial charge in [-0.15, -0.1) is 0 Å². The van der Waals surface area contributed by atoms with Gasteiger partial charge in [0.15, 0.2) is 0 Å². The van der Waals surface area contributed by atoms with E-state index in [4.69, 9.17) is 18.6 Å². The highest BCUT2D eigenvalue weighted by atomic mass is 16.5. The van der Waals surface area contributed by atoms with Crippen LogP contribution in [0.15, 0.2) is 82.2 Å². The summed E-state index contributed by atoms with van der Waals surface area (Å²) in [6.07, 6.45) is 1.45. The molecule has 0 N–H and O–H groups in total. The van der Waals surface area contributed by atoms with Crippen LogP contribution >= 0.6 is 0 Å². The lowest BCUT2D eigenvalue weighted by Gasteiger charge is -2.15. The molecule has 0 aliphatic heterocycles. The van der Waals surface area contributed by atoms with E-state index in [1.807, 2.05) is 82.3 Å². The summed E-state index contributed by atoms with van der Waals surface area (Å²) in [7, 11) is 0. The monoisotopic (exact) mass is 444 g/mol. The molecule has 0 aliphatic carbocycles. The fraction of sp³-hybridized carbons (Fsp3) is 0.250. The maximum atomic E-state index is 13.5. The Hall–Kier alpha value is -3.73. The fourth-order valence-electron chi connectivity index (χ4n) is 3.55. The van der Waals surface area contributed by atoms with Gasteiger partial charge in [-0.2, -0.15) is 0 Å². The van der Waals surface area contributed by atoms with Crippen LogP contribution in [-0.2, 0) is 6.61 Å². The number of hydrogen-bond donors (Lipinski definition) is 0. The van der Waals surface area contributed by atoms with Gasteiger partial charge in [0, 0.05) is 12.1 Å². The normalized spacial score (nSPS) is 11.2. The maximum absolute atomic E-state index is 13.5. The number of ether oxygens (including phenoxy) is 3. The van der Waals surface area contributed by atoms with Crippen LogP contribution < -0.4 is 19.6 Å². The number of rotatable bonds is 8. The second kappa shape index (κ2) is 9.82. The van der Waals surface area contributed by atoms with E-state index in [9.17, 15) is 4.79 Å². The Balaban J connectivity index is 1.72. The molecule has 5 heteroatoms. The summed E-state index contributed by atoms with van der Waals surface area (Å²) in [6.45, 7) is 8.19. The molecule has 3 aromatic carbocycles. The number of hydrogen-bond acceptors (Lipinski definition) is 5. The molecule has 0 saturated carbocycles. The van der Waals surface area contributed by atoms with Gasteiger partial charge in [0.25, 0.3) is 0 Å². The van der Waals surface area contributed by atoms with Crippen molar-refractivity contribution in [2.45, 2.75) is 46.5 Å². The first-order chi connectivity index (χ1) is 15.9. The predicted octanol–water partition coefficient (Wildman–Crippen LogP) is 6.61. The van der Waals surface area contributed by atoms with Crippen LogP contribution in [0, 0.1) is 0 Å². The van der Waals surface area contributed by atoms with Gasteiger partial charge < -0.3 is 18.6 Å². The molecule has 0 bridgehead atoms. The highest BCUT2D eigenvalue weighted by Crippen LogP contribution is 2.32. The molecule has 170 valence electrons. The lowest BCUT2D eigenvalue weighted by molar-refractivity contribution is 0.242. The van der Waals surface area contributed by atoms with E-state index in [0.717, 1.165) is 16.9 Å². The molecule has 0 saturated heterocycles. The van der Waals surface area contributed by atoms with Crippen LogP contribution in [-0.4, -0.2) is 12.2 Å². The molecule has 4 aromatic rings. The molecule has 1 aromatic heterocycles. The second-order valence-corrected chi connectivity index (χ2v) is 8.40. The highest BCUT2D eigenvalue weighted by molar-refractivity contribution is 5.88. The van der Waals surface area contributed by atoms with Crippen molar-refractivity contribution in [1.82, 2.24) is 0 Å². The van der Waals surface area contributed by atoms with Crippen LogP contribution in [0.25, 0.3) is 22.1 Å². The van der Waals surface area contributed by atoms with Crippen LogP contribution in [0.1, 0.15) is 33.3 Å². The molecular weight excluding hydrogens is 416 g/mol. The van der Waals surface area contributed by atoms with E-state index in [1.165, 1.54) is 6.26 Å². The van der Waals surface area contributed by atoms with E-state index in [-0.39, 0.29) is 17.6 Å². The minimum Gasteiger partial charge on any atom is -0.491 e. The molecule has 0 amide bonds. The van der Waals surface area contributed by atoms with E-state index in [2.05, 4.69) is 0 Å². The molecule has 33 heavy (non-hydrogen) atoms. The highest BCUT2D eigenvalue weighted by Gasteiger charge is 2.17. The first-order valence-corrected chi connectivity index (χ1v) is 11.1. The van der Waals surface area contributed by atoms with Crippen molar-refractivity contribution in [2.75, 3.05) is 0 Å². The Kier molecular flexibility index (Phi) is 6.68. The Labute approximate surface area is 193 Å². The van der Waals surface area contributed by atoms with E-state index in [1.54, 1.807) is 12.1 Å². The summed E-state index contributed by atoms with van der Waals surface area (Å²) in [5.41, 5.74) is 2.53. The van der Waals surface area contributed by atoms with Gasteiger partial charge >= 0.3 is 0 Å². The third-order valence-electron chi connectivity index (χ3n) is 4.96. The van der Waals surface area contributed by atoms with Gasteiger partial charge in [-0.1, -0.05) is 42.5 Å². The average molecular weight is 445 g/mol. The lowest BCUT2D eigenvalue weighted by Crippen LogP contribution is -2.11. The summed E-state index contributed by atoms with van der Waals surface area (Å²) < 4.78 is 23.6. The molecule has 1 heterocycles. The smallest absolute Gasteiger partial charge is 0.204 e. The molecule has 0 atom stereocenters. The third kappa shape index (κ3) is 5.37. The van der Waals surface area contributed by atoms with Crippen molar-refractivity contribution in [1.29, 1.82) is 0 Å². The molecule has 0 radical (unpaired) electrons. The molecule has 5 nitrogen and oxygen atoms in total. The van der Waals surface area contributed by atoms with Crippen LogP contribution in [0.4, 0.5) is 0 Å². The van der Waals surface area contributed by atoms with Crippen molar-refractivity contribution in [3.63, 3.8) is 0 Å². The zero-order valence-electron chi connectivity index (χ0n) is 19.3. The van der Waals surface area contributed by atoms with Crippen molar-refractivity contribution >= 4 is 11.0 Å². The van der Waals surface area contributed by atoms with Gasteiger partial charge in [-0.25, -0.2) is 0 Å². The van der Waals surface area contributed by atoms with Gasteiger partial charge in [0.05, 0.1) is 17.8 Å². The summed E-state index contributed by atoms with van der Waals surface area (Å²) >= 11 is 0. The van der Waals surface area contributed by atoms with Gasteiger partial charge in [0.1, 0.15) is 41.1 Å². The molecule has 0 aliphatic rings. The van der Waals surface area contributed by atoms with E-state index < -0.39 is 0 Å². The molecular formula is C28H28O5. The summed E-state index contributed by atoms with van der Waals surface area (Å²) in [5.74, 6) is 1.77. The minimum absolute atomic E-state index is 0.0793. The van der Waals surface area contributed by atoms with E-state index >= 15 is 0 Å². The van der Waals surface area contributed by atoms with Crippen LogP contribution in [0.2, 0.25) is 0 Å². The quantitative estimate of drug-likeness (QED) is 0.306. The Bertz CT molecular complexity index is 1270. The van der Waals surface area contributed by atoms with Gasteiger partial charge in [0.2, 0.25) is 5.43 Å². The number of fused-ring (bicyclic) bond motifs is 1. The van der Waals surface area contributed by atoms with Crippen molar-refractivity contribution < 1.29 is 18.6 Å². The Morgan fingerprint density at radius 3 is 2.18 bits per heavy atom. The first kappa shape index (κ1) is 22.5. The third-order valence-corrected chi connectivity index (χ3v) is 4.96. The minimum atomic E-state index is -0.154. The first-order valence-electron chi connectivity index (χ1n) is 11.1. The fourth-order valence-corrected chi connectivity index (χ4v) is 3.55. The number of benzene rings is 3. The zero-order chi connectivity index (χ0) is 23.4. The van der Waals surface area contributed by atoms with Gasteiger partial charge in [-0.05, 0) is 51.0 Å². The SMILES string of the molecule is CC(C)Oc1ccc(-c2coc3cc(OCc4ccccc4)cc(OC(C)C)c3c2=O)cc1. The average Bonchev–Trinajstić information content (AvgIpc) is 2.78. The molecule has 0 spiro atoms. The van der Waals surface area contributed by atoms with Gasteiger partial charge in [-0.3, -0.25) is 4.79 Å².